The number of anilines is 1. The van der Waals surface area contributed by atoms with Crippen molar-refractivity contribution in [3.63, 3.8) is 0 Å². The van der Waals surface area contributed by atoms with Gasteiger partial charge in [-0.2, -0.15) is 13.2 Å². The summed E-state index contributed by atoms with van der Waals surface area (Å²) < 4.78 is 39.9. The standard InChI is InChI=1S/C20H18BrF3N2O/c21-19-10-18(27-25-19)15-9-14-5-1-2-7-17(14)26(12-15)11-13-4-3-6-16(8-13)20(22,23)24/h1-8,15,18H,9-12H2. The van der Waals surface area contributed by atoms with Crippen molar-refractivity contribution < 1.29 is 18.0 Å². The van der Waals surface area contributed by atoms with Crippen LogP contribution < -0.4 is 4.90 Å². The van der Waals surface area contributed by atoms with Gasteiger partial charge in [0, 0.05) is 31.1 Å². The van der Waals surface area contributed by atoms with E-state index in [0.717, 1.165) is 29.2 Å². The highest BCUT2D eigenvalue weighted by Crippen LogP contribution is 2.36. The fourth-order valence-electron chi connectivity index (χ4n) is 3.80. The van der Waals surface area contributed by atoms with Crippen LogP contribution in [-0.4, -0.2) is 17.3 Å². The molecule has 2 aromatic carbocycles. The Morgan fingerprint density at radius 1 is 1.11 bits per heavy atom. The minimum atomic E-state index is -4.33. The van der Waals surface area contributed by atoms with Gasteiger partial charge in [-0.15, -0.1) is 0 Å². The Morgan fingerprint density at radius 2 is 1.93 bits per heavy atom. The zero-order valence-electron chi connectivity index (χ0n) is 14.4. The van der Waals surface area contributed by atoms with Crippen LogP contribution in [0.5, 0.6) is 0 Å². The molecule has 27 heavy (non-hydrogen) atoms. The van der Waals surface area contributed by atoms with Crippen molar-refractivity contribution in [3.05, 3.63) is 65.2 Å². The number of nitrogens with zero attached hydrogens (tertiary/aromatic N) is 2. The normalized spacial score (nSPS) is 22.2. The maximum Gasteiger partial charge on any atom is 0.416 e. The SMILES string of the molecule is FC(F)(F)c1cccc(CN2CC(C3CC(Br)=NO3)Cc3ccccc32)c1. The third-order valence-corrected chi connectivity index (χ3v) is 5.55. The van der Waals surface area contributed by atoms with E-state index >= 15 is 0 Å². The average Bonchev–Trinajstić information content (AvgIpc) is 3.08. The average molecular weight is 439 g/mol. The molecule has 0 spiro atoms. The molecule has 0 saturated heterocycles. The van der Waals surface area contributed by atoms with E-state index in [9.17, 15) is 13.2 Å². The van der Waals surface area contributed by atoms with E-state index < -0.39 is 11.7 Å². The summed E-state index contributed by atoms with van der Waals surface area (Å²) in [5.41, 5.74) is 2.29. The molecule has 2 unspecified atom stereocenters. The largest absolute Gasteiger partial charge is 0.416 e. The second-order valence-electron chi connectivity index (χ2n) is 6.99. The third kappa shape index (κ3) is 3.98. The van der Waals surface area contributed by atoms with Gasteiger partial charge in [0.25, 0.3) is 0 Å². The van der Waals surface area contributed by atoms with Gasteiger partial charge < -0.3 is 9.74 Å². The molecule has 142 valence electrons. The fraction of sp³-hybridized carbons (Fsp3) is 0.350. The number of hydrogen-bond donors (Lipinski definition) is 0. The first kappa shape index (κ1) is 18.3. The lowest BCUT2D eigenvalue weighted by atomic mass is 9.87. The lowest BCUT2D eigenvalue weighted by Gasteiger charge is -2.37. The summed E-state index contributed by atoms with van der Waals surface area (Å²) in [4.78, 5) is 7.70. The fourth-order valence-corrected chi connectivity index (χ4v) is 4.21. The van der Waals surface area contributed by atoms with Crippen molar-refractivity contribution in [2.24, 2.45) is 11.1 Å². The molecular formula is C20H18BrF3N2O. The van der Waals surface area contributed by atoms with Crippen molar-refractivity contribution >= 4 is 26.2 Å². The summed E-state index contributed by atoms with van der Waals surface area (Å²) in [5.74, 6) is 0.226. The molecule has 2 aliphatic rings. The molecule has 0 aliphatic carbocycles. The zero-order valence-corrected chi connectivity index (χ0v) is 16.0. The summed E-state index contributed by atoms with van der Waals surface area (Å²) in [6.07, 6.45) is -2.75. The van der Waals surface area contributed by atoms with Crippen LogP contribution in [0, 0.1) is 5.92 Å². The Balaban J connectivity index is 1.59. The Morgan fingerprint density at radius 3 is 2.67 bits per heavy atom. The smallest absolute Gasteiger partial charge is 0.391 e. The van der Waals surface area contributed by atoms with Gasteiger partial charge >= 0.3 is 6.18 Å². The van der Waals surface area contributed by atoms with Gasteiger partial charge in [-0.05, 0) is 51.7 Å². The number of fused-ring (bicyclic) bond motifs is 1. The molecule has 3 nitrogen and oxygen atoms in total. The van der Waals surface area contributed by atoms with E-state index in [-0.39, 0.29) is 12.0 Å². The molecule has 0 fully saturated rings. The van der Waals surface area contributed by atoms with Crippen molar-refractivity contribution in [2.75, 3.05) is 11.4 Å². The molecule has 2 heterocycles. The zero-order chi connectivity index (χ0) is 19.0. The monoisotopic (exact) mass is 438 g/mol. The summed E-state index contributed by atoms with van der Waals surface area (Å²) in [7, 11) is 0. The number of halogens is 4. The molecule has 2 aromatic rings. The maximum absolute atomic E-state index is 13.0. The van der Waals surface area contributed by atoms with Crippen LogP contribution in [-0.2, 0) is 24.0 Å². The Hall–Kier alpha value is -2.02. The van der Waals surface area contributed by atoms with Crippen LogP contribution in [0.3, 0.4) is 0 Å². The first-order valence-electron chi connectivity index (χ1n) is 8.77. The van der Waals surface area contributed by atoms with Gasteiger partial charge in [-0.25, -0.2) is 0 Å². The van der Waals surface area contributed by atoms with E-state index in [1.165, 1.54) is 17.7 Å². The van der Waals surface area contributed by atoms with Crippen LogP contribution in [0.1, 0.15) is 23.1 Å². The molecular weight excluding hydrogens is 421 g/mol. The molecule has 2 aliphatic heterocycles. The van der Waals surface area contributed by atoms with Crippen LogP contribution in [0.25, 0.3) is 0 Å². The summed E-state index contributed by atoms with van der Waals surface area (Å²) in [6.45, 7) is 1.14. The minimum Gasteiger partial charge on any atom is -0.391 e. The first-order chi connectivity index (χ1) is 12.9. The predicted molar refractivity (Wildman–Crippen MR) is 102 cm³/mol. The molecule has 0 N–H and O–H groups in total. The Labute approximate surface area is 163 Å². The third-order valence-electron chi connectivity index (χ3n) is 5.08. The molecule has 4 rings (SSSR count). The van der Waals surface area contributed by atoms with Gasteiger partial charge in [-0.1, -0.05) is 35.5 Å². The van der Waals surface area contributed by atoms with Gasteiger partial charge in [0.1, 0.15) is 10.7 Å². The molecule has 0 bridgehead atoms. The lowest BCUT2D eigenvalue weighted by molar-refractivity contribution is -0.137. The number of rotatable bonds is 3. The highest BCUT2D eigenvalue weighted by Gasteiger charge is 2.35. The number of oxime groups is 1. The molecule has 2 atom stereocenters. The highest BCUT2D eigenvalue weighted by molar-refractivity contribution is 9.18. The maximum atomic E-state index is 13.0. The van der Waals surface area contributed by atoms with Crippen LogP contribution in [0.2, 0.25) is 0 Å². The van der Waals surface area contributed by atoms with Crippen molar-refractivity contribution in [2.45, 2.75) is 31.7 Å². The van der Waals surface area contributed by atoms with Gasteiger partial charge in [-0.3, -0.25) is 0 Å². The minimum absolute atomic E-state index is 0.0169. The quantitative estimate of drug-likeness (QED) is 0.642. The van der Waals surface area contributed by atoms with Gasteiger partial charge in [0.15, 0.2) is 0 Å². The number of para-hydroxylation sites is 1. The summed E-state index contributed by atoms with van der Waals surface area (Å²) >= 11 is 3.38. The number of benzene rings is 2. The first-order valence-corrected chi connectivity index (χ1v) is 9.56. The van der Waals surface area contributed by atoms with Crippen LogP contribution in [0.15, 0.2) is 53.7 Å². The van der Waals surface area contributed by atoms with Crippen LogP contribution >= 0.6 is 15.9 Å². The second-order valence-corrected chi connectivity index (χ2v) is 7.90. The number of alkyl halides is 3. The molecule has 0 aromatic heterocycles. The molecule has 0 radical (unpaired) electrons. The lowest BCUT2D eigenvalue weighted by Crippen LogP contribution is -2.40. The van der Waals surface area contributed by atoms with Gasteiger partial charge in [0.05, 0.1) is 5.56 Å². The second kappa shape index (κ2) is 7.19. The predicted octanol–water partition coefficient (Wildman–Crippen LogP) is 5.38. The number of hydrogen-bond acceptors (Lipinski definition) is 3. The van der Waals surface area contributed by atoms with E-state index in [2.05, 4.69) is 32.1 Å². The Kier molecular flexibility index (Phi) is 4.88. The van der Waals surface area contributed by atoms with E-state index in [0.29, 0.717) is 18.7 Å². The van der Waals surface area contributed by atoms with E-state index in [4.69, 9.17) is 4.84 Å². The molecule has 0 amide bonds. The summed E-state index contributed by atoms with van der Waals surface area (Å²) in [6, 6.07) is 13.6. The highest BCUT2D eigenvalue weighted by atomic mass is 79.9. The van der Waals surface area contributed by atoms with Crippen molar-refractivity contribution in [1.82, 2.24) is 0 Å². The van der Waals surface area contributed by atoms with E-state index in [1.54, 1.807) is 6.07 Å². The van der Waals surface area contributed by atoms with Crippen molar-refractivity contribution in [3.8, 4) is 0 Å². The van der Waals surface area contributed by atoms with E-state index in [1.807, 2.05) is 18.2 Å². The summed E-state index contributed by atoms with van der Waals surface area (Å²) in [5, 5.41) is 3.99. The molecule has 7 heteroatoms. The molecule has 0 saturated carbocycles. The Bertz CT molecular complexity index is 868. The topological polar surface area (TPSA) is 24.8 Å². The van der Waals surface area contributed by atoms with Gasteiger partial charge in [0.2, 0.25) is 0 Å². The van der Waals surface area contributed by atoms with Crippen LogP contribution in [0.4, 0.5) is 18.9 Å². The van der Waals surface area contributed by atoms with Crippen molar-refractivity contribution in [1.29, 1.82) is 0 Å².